The van der Waals surface area contributed by atoms with Crippen molar-refractivity contribution in [2.75, 3.05) is 11.9 Å². The Kier molecular flexibility index (Phi) is 6.03. The lowest BCUT2D eigenvalue weighted by Gasteiger charge is -2.11. The quantitative estimate of drug-likeness (QED) is 0.364. The first-order chi connectivity index (χ1) is 17.4. The van der Waals surface area contributed by atoms with Gasteiger partial charge in [-0.15, -0.1) is 10.2 Å². The third-order valence-electron chi connectivity index (χ3n) is 5.16. The Labute approximate surface area is 202 Å². The van der Waals surface area contributed by atoms with E-state index in [0.717, 1.165) is 23.3 Å². The molecule has 36 heavy (non-hydrogen) atoms. The Morgan fingerprint density at radius 2 is 1.78 bits per heavy atom. The zero-order valence-electron chi connectivity index (χ0n) is 18.5. The Morgan fingerprint density at radius 1 is 0.944 bits per heavy atom. The van der Waals surface area contributed by atoms with Crippen LogP contribution in [0.4, 0.5) is 18.9 Å². The molecule has 5 aromatic rings. The molecule has 0 bridgehead atoms. The van der Waals surface area contributed by atoms with Gasteiger partial charge in [0.1, 0.15) is 5.75 Å². The summed E-state index contributed by atoms with van der Waals surface area (Å²) in [5.74, 6) is -0.0358. The number of ether oxygens (including phenoxy) is 1. The summed E-state index contributed by atoms with van der Waals surface area (Å²) in [6.45, 7) is -0.453. The predicted octanol–water partition coefficient (Wildman–Crippen LogP) is 4.89. The summed E-state index contributed by atoms with van der Waals surface area (Å²) < 4.78 is 45.4. The second kappa shape index (κ2) is 9.45. The van der Waals surface area contributed by atoms with E-state index in [-0.39, 0.29) is 5.75 Å². The number of amides is 1. The van der Waals surface area contributed by atoms with Gasteiger partial charge in [-0.2, -0.15) is 22.8 Å². The first-order valence-electron chi connectivity index (χ1n) is 10.7. The fourth-order valence-corrected chi connectivity index (χ4v) is 3.48. The molecule has 1 N–H and O–H groups in total. The van der Waals surface area contributed by atoms with Crippen molar-refractivity contribution < 1.29 is 22.7 Å². The van der Waals surface area contributed by atoms with Crippen LogP contribution in [0.3, 0.4) is 0 Å². The number of alkyl halides is 3. The maximum absolute atomic E-state index is 12.9. The Hall–Kier alpha value is -4.80. The fraction of sp³-hybridized carbons (Fsp3) is 0.0800. The Morgan fingerprint density at radius 3 is 2.58 bits per heavy atom. The lowest BCUT2D eigenvalue weighted by Crippen LogP contribution is -2.20. The first-order valence-corrected chi connectivity index (χ1v) is 10.7. The van der Waals surface area contributed by atoms with E-state index >= 15 is 0 Å². The van der Waals surface area contributed by atoms with Crippen LogP contribution in [0, 0.1) is 0 Å². The summed E-state index contributed by atoms with van der Waals surface area (Å²) in [6.07, 6.45) is -1.16. The molecule has 5 rings (SSSR count). The monoisotopic (exact) mass is 490 g/mol. The number of hydrogen-bond donors (Lipinski definition) is 1. The van der Waals surface area contributed by atoms with Crippen LogP contribution in [0.2, 0.25) is 0 Å². The maximum Gasteiger partial charge on any atom is 0.416 e. The van der Waals surface area contributed by atoms with Crippen LogP contribution in [0.1, 0.15) is 5.56 Å². The number of anilines is 1. The molecule has 0 saturated carbocycles. The highest BCUT2D eigenvalue weighted by Crippen LogP contribution is 2.31. The van der Waals surface area contributed by atoms with E-state index in [1.165, 1.54) is 12.1 Å². The smallest absolute Gasteiger partial charge is 0.416 e. The van der Waals surface area contributed by atoms with E-state index in [2.05, 4.69) is 25.6 Å². The van der Waals surface area contributed by atoms with Crippen LogP contribution in [0.15, 0.2) is 85.2 Å². The zero-order valence-corrected chi connectivity index (χ0v) is 18.5. The highest BCUT2D eigenvalue weighted by atomic mass is 19.4. The molecule has 180 valence electrons. The van der Waals surface area contributed by atoms with E-state index in [4.69, 9.17) is 4.74 Å². The van der Waals surface area contributed by atoms with Crippen molar-refractivity contribution in [1.29, 1.82) is 0 Å². The molecule has 0 aliphatic carbocycles. The number of fused-ring (bicyclic) bond motifs is 1. The minimum atomic E-state index is -4.50. The highest BCUT2D eigenvalue weighted by Gasteiger charge is 2.30. The molecule has 0 aliphatic rings. The normalized spacial score (nSPS) is 11.4. The number of rotatable bonds is 6. The van der Waals surface area contributed by atoms with Crippen molar-refractivity contribution >= 4 is 17.2 Å². The highest BCUT2D eigenvalue weighted by molar-refractivity contribution is 5.92. The molecular formula is C25H17F3N6O2. The van der Waals surface area contributed by atoms with Crippen molar-refractivity contribution in [2.24, 2.45) is 0 Å². The minimum Gasteiger partial charge on any atom is -0.484 e. The molecule has 0 saturated heterocycles. The number of hydrogen-bond acceptors (Lipinski definition) is 6. The number of nitrogens with zero attached hydrogens (tertiary/aromatic N) is 5. The first kappa shape index (κ1) is 23.0. The number of carbonyl (C=O) groups excluding carboxylic acids is 1. The van der Waals surface area contributed by atoms with Crippen LogP contribution < -0.4 is 10.1 Å². The molecule has 3 heterocycles. The van der Waals surface area contributed by atoms with Crippen LogP contribution in [0.25, 0.3) is 28.3 Å². The topological polar surface area (TPSA) is 94.3 Å². The van der Waals surface area contributed by atoms with Gasteiger partial charge < -0.3 is 10.1 Å². The summed E-state index contributed by atoms with van der Waals surface area (Å²) in [6, 6.07) is 18.6. The van der Waals surface area contributed by atoms with Gasteiger partial charge in [0.05, 0.1) is 11.3 Å². The average Bonchev–Trinajstić information content (AvgIpc) is 3.31. The van der Waals surface area contributed by atoms with E-state index in [0.29, 0.717) is 22.9 Å². The zero-order chi connectivity index (χ0) is 25.1. The van der Waals surface area contributed by atoms with Crippen molar-refractivity contribution in [3.05, 3.63) is 90.8 Å². The molecule has 0 atom stereocenters. The molecule has 0 fully saturated rings. The SMILES string of the molecule is O=C(COc1cccc(C(F)(F)F)c1)Nc1cccc(-c2ccc3nnc(-c4cccnc4)n3n2)c1. The van der Waals surface area contributed by atoms with Gasteiger partial charge in [-0.3, -0.25) is 9.78 Å². The molecule has 0 unspecified atom stereocenters. The molecule has 3 aromatic heterocycles. The lowest BCUT2D eigenvalue weighted by atomic mass is 10.1. The maximum atomic E-state index is 12.9. The largest absolute Gasteiger partial charge is 0.484 e. The average molecular weight is 490 g/mol. The van der Waals surface area contributed by atoms with E-state index in [1.54, 1.807) is 53.3 Å². The molecule has 11 heteroatoms. The van der Waals surface area contributed by atoms with Crippen LogP contribution >= 0.6 is 0 Å². The number of carbonyl (C=O) groups is 1. The summed E-state index contributed by atoms with van der Waals surface area (Å²) in [5, 5.41) is 15.7. The number of halogens is 3. The van der Waals surface area contributed by atoms with E-state index in [1.807, 2.05) is 12.1 Å². The number of nitrogens with one attached hydrogen (secondary N) is 1. The molecule has 1 amide bonds. The predicted molar refractivity (Wildman–Crippen MR) is 125 cm³/mol. The van der Waals surface area contributed by atoms with Crippen molar-refractivity contribution in [1.82, 2.24) is 24.8 Å². The van der Waals surface area contributed by atoms with Gasteiger partial charge in [0.15, 0.2) is 18.1 Å². The van der Waals surface area contributed by atoms with Gasteiger partial charge in [-0.05, 0) is 54.6 Å². The second-order valence-corrected chi connectivity index (χ2v) is 7.70. The number of benzene rings is 2. The van der Waals surface area contributed by atoms with E-state index < -0.39 is 24.3 Å². The molecule has 2 aromatic carbocycles. The van der Waals surface area contributed by atoms with Crippen LogP contribution in [-0.4, -0.2) is 37.3 Å². The van der Waals surface area contributed by atoms with Gasteiger partial charge in [-0.25, -0.2) is 0 Å². The molecule has 0 spiro atoms. The summed E-state index contributed by atoms with van der Waals surface area (Å²) >= 11 is 0. The van der Waals surface area contributed by atoms with Gasteiger partial charge in [0.2, 0.25) is 0 Å². The summed E-state index contributed by atoms with van der Waals surface area (Å²) in [5.41, 5.74) is 2.29. The van der Waals surface area contributed by atoms with Crippen molar-refractivity contribution in [3.63, 3.8) is 0 Å². The molecule has 0 aliphatic heterocycles. The number of pyridine rings is 1. The van der Waals surface area contributed by atoms with E-state index in [9.17, 15) is 18.0 Å². The fourth-order valence-electron chi connectivity index (χ4n) is 3.48. The number of aromatic nitrogens is 5. The summed E-state index contributed by atoms with van der Waals surface area (Å²) in [7, 11) is 0. The Balaban J connectivity index is 1.31. The third kappa shape index (κ3) is 4.99. The van der Waals surface area contributed by atoms with Gasteiger partial charge in [-0.1, -0.05) is 18.2 Å². The van der Waals surface area contributed by atoms with Crippen LogP contribution in [0.5, 0.6) is 5.75 Å². The molecular weight excluding hydrogens is 473 g/mol. The minimum absolute atomic E-state index is 0.0513. The summed E-state index contributed by atoms with van der Waals surface area (Å²) in [4.78, 5) is 16.5. The van der Waals surface area contributed by atoms with Gasteiger partial charge >= 0.3 is 6.18 Å². The molecule has 0 radical (unpaired) electrons. The van der Waals surface area contributed by atoms with Gasteiger partial charge in [0.25, 0.3) is 5.91 Å². The second-order valence-electron chi connectivity index (χ2n) is 7.70. The van der Waals surface area contributed by atoms with Crippen molar-refractivity contribution in [3.8, 4) is 28.4 Å². The third-order valence-corrected chi connectivity index (χ3v) is 5.16. The van der Waals surface area contributed by atoms with Crippen LogP contribution in [-0.2, 0) is 11.0 Å². The Bertz CT molecular complexity index is 1540. The van der Waals surface area contributed by atoms with Gasteiger partial charge in [0, 0.05) is 29.2 Å². The van der Waals surface area contributed by atoms with Crippen molar-refractivity contribution in [2.45, 2.75) is 6.18 Å². The standard InChI is InChI=1S/C25H17F3N6O2/c26-25(27,28)18-6-2-8-20(13-18)36-15-23(35)30-19-7-1-4-16(12-19)21-9-10-22-31-32-24(34(22)33-21)17-5-3-11-29-14-17/h1-14H,15H2,(H,30,35). The molecule has 8 nitrogen and oxygen atoms in total. The lowest BCUT2D eigenvalue weighted by molar-refractivity contribution is -0.137.